The van der Waals surface area contributed by atoms with Crippen LogP contribution < -0.4 is 0 Å². The number of ketones is 1. The maximum atomic E-state index is 12.7. The molecular weight excluding hydrogens is 304 g/mol. The monoisotopic (exact) mass is 334 g/mol. The number of unbranched alkanes of at least 4 members (excludes halogenated alkanes) is 7. The molecule has 0 saturated heterocycles. The first-order valence-corrected chi connectivity index (χ1v) is 10.0. The van der Waals surface area contributed by atoms with Gasteiger partial charge in [0.1, 0.15) is 0 Å². The number of carbonyl (C=O) groups excluding carboxylic acids is 1. The van der Waals surface area contributed by atoms with Crippen molar-refractivity contribution in [2.75, 3.05) is 0 Å². The van der Waals surface area contributed by atoms with Crippen LogP contribution in [0.25, 0.3) is 11.1 Å². The summed E-state index contributed by atoms with van der Waals surface area (Å²) in [6.45, 7) is 2.25. The van der Waals surface area contributed by atoms with E-state index in [-0.39, 0.29) is 0 Å². The molecule has 1 aliphatic rings. The molecule has 0 aromatic heterocycles. The Morgan fingerprint density at radius 2 is 1.48 bits per heavy atom. The van der Waals surface area contributed by atoms with Gasteiger partial charge < -0.3 is 0 Å². The van der Waals surface area contributed by atoms with Crippen molar-refractivity contribution >= 4 is 5.78 Å². The van der Waals surface area contributed by atoms with Crippen LogP contribution >= 0.6 is 0 Å². The smallest absolute Gasteiger partial charge is 0.163 e. The highest BCUT2D eigenvalue weighted by Crippen LogP contribution is 2.38. The summed E-state index contributed by atoms with van der Waals surface area (Å²) < 4.78 is 0. The topological polar surface area (TPSA) is 17.1 Å². The molecule has 0 amide bonds. The Bertz CT molecular complexity index is 714. The summed E-state index contributed by atoms with van der Waals surface area (Å²) in [4.78, 5) is 12.7. The van der Waals surface area contributed by atoms with Gasteiger partial charge in [0.05, 0.1) is 0 Å². The predicted molar refractivity (Wildman–Crippen MR) is 106 cm³/mol. The molecule has 0 bridgehead atoms. The molecule has 1 nitrogen and oxygen atoms in total. The van der Waals surface area contributed by atoms with Crippen molar-refractivity contribution < 1.29 is 4.79 Å². The highest BCUT2D eigenvalue weighted by atomic mass is 16.1. The van der Waals surface area contributed by atoms with Gasteiger partial charge in [0.2, 0.25) is 0 Å². The summed E-state index contributed by atoms with van der Waals surface area (Å²) in [7, 11) is 0. The van der Waals surface area contributed by atoms with Gasteiger partial charge in [-0.25, -0.2) is 0 Å². The molecule has 0 atom stereocenters. The third kappa shape index (κ3) is 4.39. The fraction of sp³-hybridized carbons (Fsp3) is 0.458. The second kappa shape index (κ2) is 8.99. The Hall–Kier alpha value is -1.89. The first-order chi connectivity index (χ1) is 12.3. The van der Waals surface area contributed by atoms with Crippen molar-refractivity contribution in [2.45, 2.75) is 71.1 Å². The minimum absolute atomic E-state index is 0.329. The summed E-state index contributed by atoms with van der Waals surface area (Å²) >= 11 is 0. The molecule has 0 N–H and O–H groups in total. The highest BCUT2D eigenvalue weighted by molar-refractivity contribution is 6.00. The molecule has 0 radical (unpaired) electrons. The average Bonchev–Trinajstić information content (AvgIpc) is 3.02. The van der Waals surface area contributed by atoms with E-state index in [1.807, 2.05) is 12.1 Å². The minimum atomic E-state index is 0.329. The second-order valence-electron chi connectivity index (χ2n) is 7.31. The molecule has 0 unspecified atom stereocenters. The van der Waals surface area contributed by atoms with E-state index < -0.39 is 0 Å². The molecule has 132 valence electrons. The largest absolute Gasteiger partial charge is 0.294 e. The lowest BCUT2D eigenvalue weighted by atomic mass is 9.95. The molecule has 25 heavy (non-hydrogen) atoms. The van der Waals surface area contributed by atoms with E-state index in [0.717, 1.165) is 18.4 Å². The van der Waals surface area contributed by atoms with Crippen LogP contribution in [0.4, 0.5) is 0 Å². The van der Waals surface area contributed by atoms with Gasteiger partial charge in [0, 0.05) is 12.0 Å². The predicted octanol–water partition coefficient (Wildman–Crippen LogP) is 6.97. The standard InChI is InChI=1S/C24H30O/c1-2-3-4-5-6-7-8-9-17-24(25)22-16-12-15-21-20-14-11-10-13-19(20)18-23(21)22/h10-16H,2-9,17-18H2,1H3. The molecule has 2 aromatic carbocycles. The SMILES string of the molecule is CCCCCCCCCCC(=O)c1cccc2c1Cc1ccccc1-2. The van der Waals surface area contributed by atoms with E-state index in [0.29, 0.717) is 12.2 Å². The lowest BCUT2D eigenvalue weighted by molar-refractivity contribution is 0.0978. The highest BCUT2D eigenvalue weighted by Gasteiger charge is 2.22. The van der Waals surface area contributed by atoms with Crippen molar-refractivity contribution in [2.24, 2.45) is 0 Å². The number of Topliss-reactive ketones (excluding diaryl/α,β-unsaturated/α-hetero) is 1. The first kappa shape index (κ1) is 17.9. The maximum Gasteiger partial charge on any atom is 0.163 e. The van der Waals surface area contributed by atoms with Crippen molar-refractivity contribution in [3.8, 4) is 11.1 Å². The Labute approximate surface area is 152 Å². The number of hydrogen-bond acceptors (Lipinski definition) is 1. The molecule has 2 aromatic rings. The Morgan fingerprint density at radius 3 is 2.28 bits per heavy atom. The molecular formula is C24H30O. The van der Waals surface area contributed by atoms with Gasteiger partial charge in [0.15, 0.2) is 5.78 Å². The summed E-state index contributed by atoms with van der Waals surface area (Å²) in [6.07, 6.45) is 11.8. The number of hydrogen-bond donors (Lipinski definition) is 0. The third-order valence-corrected chi connectivity index (χ3v) is 5.41. The van der Waals surface area contributed by atoms with E-state index in [9.17, 15) is 4.79 Å². The van der Waals surface area contributed by atoms with Crippen LogP contribution in [-0.4, -0.2) is 5.78 Å². The first-order valence-electron chi connectivity index (χ1n) is 10.0. The van der Waals surface area contributed by atoms with Crippen LogP contribution in [0, 0.1) is 0 Å². The molecule has 1 aliphatic carbocycles. The second-order valence-corrected chi connectivity index (χ2v) is 7.31. The molecule has 0 spiro atoms. The number of fused-ring (bicyclic) bond motifs is 3. The van der Waals surface area contributed by atoms with Crippen LogP contribution in [0.5, 0.6) is 0 Å². The molecule has 1 heteroatoms. The summed E-state index contributed by atoms with van der Waals surface area (Å²) in [5, 5.41) is 0. The van der Waals surface area contributed by atoms with Crippen LogP contribution in [0.15, 0.2) is 42.5 Å². The summed E-state index contributed by atoms with van der Waals surface area (Å²) in [6, 6.07) is 14.8. The third-order valence-electron chi connectivity index (χ3n) is 5.41. The van der Waals surface area contributed by atoms with Crippen LogP contribution in [0.1, 0.15) is 86.2 Å². The van der Waals surface area contributed by atoms with Crippen molar-refractivity contribution in [3.05, 3.63) is 59.2 Å². The molecule has 3 rings (SSSR count). The Balaban J connectivity index is 1.51. The lowest BCUT2D eigenvalue weighted by Crippen LogP contribution is -2.03. The van der Waals surface area contributed by atoms with Crippen molar-refractivity contribution in [3.63, 3.8) is 0 Å². The van der Waals surface area contributed by atoms with Crippen molar-refractivity contribution in [1.29, 1.82) is 0 Å². The van der Waals surface area contributed by atoms with E-state index in [1.54, 1.807) is 0 Å². The van der Waals surface area contributed by atoms with Crippen molar-refractivity contribution in [1.82, 2.24) is 0 Å². The zero-order valence-electron chi connectivity index (χ0n) is 15.5. The quantitative estimate of drug-likeness (QED) is 0.289. The summed E-state index contributed by atoms with van der Waals surface area (Å²) in [5.41, 5.74) is 6.12. The Kier molecular flexibility index (Phi) is 6.44. The Morgan fingerprint density at radius 1 is 0.800 bits per heavy atom. The fourth-order valence-corrected chi connectivity index (χ4v) is 3.97. The fourth-order valence-electron chi connectivity index (χ4n) is 3.97. The number of benzene rings is 2. The van der Waals surface area contributed by atoms with E-state index in [4.69, 9.17) is 0 Å². The molecule has 0 heterocycles. The van der Waals surface area contributed by atoms with Gasteiger partial charge in [-0.2, -0.15) is 0 Å². The van der Waals surface area contributed by atoms with E-state index in [2.05, 4.69) is 37.3 Å². The average molecular weight is 335 g/mol. The van der Waals surface area contributed by atoms with E-state index in [1.165, 1.54) is 67.2 Å². The lowest BCUT2D eigenvalue weighted by Gasteiger charge is -2.08. The van der Waals surface area contributed by atoms with Gasteiger partial charge >= 0.3 is 0 Å². The minimum Gasteiger partial charge on any atom is -0.294 e. The maximum absolute atomic E-state index is 12.7. The van der Waals surface area contributed by atoms with Gasteiger partial charge in [-0.05, 0) is 35.1 Å². The number of carbonyl (C=O) groups is 1. The molecule has 0 aliphatic heterocycles. The van der Waals surface area contributed by atoms with Crippen LogP contribution in [0.2, 0.25) is 0 Å². The number of rotatable bonds is 10. The van der Waals surface area contributed by atoms with Gasteiger partial charge in [-0.15, -0.1) is 0 Å². The van der Waals surface area contributed by atoms with E-state index >= 15 is 0 Å². The summed E-state index contributed by atoms with van der Waals surface area (Å²) in [5.74, 6) is 0.329. The normalized spacial score (nSPS) is 12.0. The van der Waals surface area contributed by atoms with Gasteiger partial charge in [-0.3, -0.25) is 4.79 Å². The molecule has 0 saturated carbocycles. The molecule has 0 fully saturated rings. The van der Waals surface area contributed by atoms with Gasteiger partial charge in [-0.1, -0.05) is 94.3 Å². The van der Waals surface area contributed by atoms with Crippen LogP contribution in [-0.2, 0) is 6.42 Å². The zero-order chi connectivity index (χ0) is 17.5. The van der Waals surface area contributed by atoms with Crippen LogP contribution in [0.3, 0.4) is 0 Å². The van der Waals surface area contributed by atoms with Gasteiger partial charge in [0.25, 0.3) is 0 Å². The zero-order valence-corrected chi connectivity index (χ0v) is 15.5.